The lowest BCUT2D eigenvalue weighted by atomic mass is 10.2. The molecule has 1 aromatic carbocycles. The predicted octanol–water partition coefficient (Wildman–Crippen LogP) is 4.68. The summed E-state index contributed by atoms with van der Waals surface area (Å²) < 4.78 is 26.3. The van der Waals surface area contributed by atoms with Crippen LogP contribution in [0.15, 0.2) is 54.9 Å². The molecule has 0 fully saturated rings. The molecule has 170 valence electrons. The Morgan fingerprint density at radius 1 is 1.15 bits per heavy atom. The van der Waals surface area contributed by atoms with Crippen molar-refractivity contribution in [2.24, 2.45) is 5.73 Å². The van der Waals surface area contributed by atoms with Crippen LogP contribution in [0, 0.1) is 5.82 Å². The number of aromatic nitrogens is 2. The quantitative estimate of drug-likeness (QED) is 0.233. The topological polar surface area (TPSA) is 94.3 Å². The third-order valence-corrected chi connectivity index (χ3v) is 5.95. The summed E-state index contributed by atoms with van der Waals surface area (Å²) in [4.78, 5) is 9.96. The van der Waals surface area contributed by atoms with Gasteiger partial charge in [0, 0.05) is 50.4 Å². The molecule has 0 amide bonds. The third kappa shape index (κ3) is 5.79. The van der Waals surface area contributed by atoms with Gasteiger partial charge in [0.15, 0.2) is 16.7 Å². The Balaban J connectivity index is 1.53. The monoisotopic (exact) mass is 483 g/mol. The van der Waals surface area contributed by atoms with Crippen LogP contribution in [-0.2, 0) is 11.3 Å². The van der Waals surface area contributed by atoms with E-state index in [1.54, 1.807) is 25.4 Å². The first-order valence-corrected chi connectivity index (χ1v) is 11.3. The van der Waals surface area contributed by atoms with Crippen LogP contribution in [0.3, 0.4) is 0 Å². The fourth-order valence-corrected chi connectivity index (χ4v) is 4.29. The van der Waals surface area contributed by atoms with Gasteiger partial charge in [-0.1, -0.05) is 6.07 Å². The smallest absolute Gasteiger partial charge is 0.168 e. The van der Waals surface area contributed by atoms with Gasteiger partial charge in [0.05, 0.1) is 27.4 Å². The van der Waals surface area contributed by atoms with Crippen molar-refractivity contribution in [3.63, 3.8) is 0 Å². The number of rotatable bonds is 9. The second-order valence-corrected chi connectivity index (χ2v) is 8.58. The Morgan fingerprint density at radius 2 is 2.03 bits per heavy atom. The number of hydrogen-bond acceptors (Lipinski definition) is 7. The molecule has 4 N–H and O–H groups in total. The summed E-state index contributed by atoms with van der Waals surface area (Å²) in [6.07, 6.45) is 3.49. The fourth-order valence-electron chi connectivity index (χ4n) is 3.13. The van der Waals surface area contributed by atoms with E-state index in [0.717, 1.165) is 39.4 Å². The van der Waals surface area contributed by atoms with Gasteiger partial charge in [0.2, 0.25) is 0 Å². The number of thiocarbonyl (C=S) groups is 1. The molecule has 0 atom stereocenters. The number of nitrogens with two attached hydrogens (primary N) is 1. The molecule has 0 saturated carbocycles. The summed E-state index contributed by atoms with van der Waals surface area (Å²) >= 11 is 6.28. The van der Waals surface area contributed by atoms with Crippen molar-refractivity contribution in [3.8, 4) is 22.1 Å². The van der Waals surface area contributed by atoms with E-state index < -0.39 is 5.82 Å². The molecule has 0 aliphatic carbocycles. The first kappa shape index (κ1) is 23.0. The maximum absolute atomic E-state index is 14.5. The number of ether oxygens (including phenoxy) is 2. The van der Waals surface area contributed by atoms with Crippen LogP contribution in [-0.4, -0.2) is 35.3 Å². The summed E-state index contributed by atoms with van der Waals surface area (Å²) in [7, 11) is 1.68. The van der Waals surface area contributed by atoms with E-state index in [1.807, 2.05) is 24.4 Å². The molecule has 0 bridgehead atoms. The van der Waals surface area contributed by atoms with Crippen molar-refractivity contribution in [2.45, 2.75) is 6.54 Å². The van der Waals surface area contributed by atoms with Gasteiger partial charge in [0.25, 0.3) is 0 Å². The number of nitrogens with one attached hydrogen (secondary N) is 2. The fraction of sp³-hybridized carbons (Fsp3) is 0.174. The van der Waals surface area contributed by atoms with Crippen LogP contribution in [0.2, 0.25) is 0 Å². The number of fused-ring (bicyclic) bond motifs is 1. The number of halogens is 1. The normalized spacial score (nSPS) is 11.0. The minimum Gasteiger partial charge on any atom is -0.453 e. The van der Waals surface area contributed by atoms with Gasteiger partial charge in [-0.25, -0.2) is 4.39 Å². The molecule has 3 heterocycles. The van der Waals surface area contributed by atoms with Gasteiger partial charge in [-0.2, -0.15) is 0 Å². The second kappa shape index (κ2) is 10.6. The van der Waals surface area contributed by atoms with E-state index in [0.29, 0.717) is 18.0 Å². The zero-order valence-electron chi connectivity index (χ0n) is 17.8. The molecular weight excluding hydrogens is 461 g/mol. The standard InChI is InChI=1S/C23H22FN5O2S2/c1-30-9-8-26-12-14-2-4-17(28-13-14)21-11-18-22(33-21)20(6-7-27-18)31-19-5-3-15(10-16(19)24)29-23(25)32/h2-7,10-11,13,26H,8-9,12H2,1H3,(H3,25,29,32). The molecule has 33 heavy (non-hydrogen) atoms. The summed E-state index contributed by atoms with van der Waals surface area (Å²) in [6, 6.07) is 12.1. The van der Waals surface area contributed by atoms with Gasteiger partial charge >= 0.3 is 0 Å². The molecule has 3 aromatic heterocycles. The van der Waals surface area contributed by atoms with Crippen molar-refractivity contribution in [2.75, 3.05) is 25.6 Å². The van der Waals surface area contributed by atoms with Crippen molar-refractivity contribution < 1.29 is 13.9 Å². The zero-order valence-corrected chi connectivity index (χ0v) is 19.4. The van der Waals surface area contributed by atoms with Gasteiger partial charge in [0.1, 0.15) is 5.75 Å². The van der Waals surface area contributed by atoms with Crippen LogP contribution in [0.25, 0.3) is 20.8 Å². The van der Waals surface area contributed by atoms with E-state index in [4.69, 9.17) is 27.4 Å². The molecular formula is C23H22FN5O2S2. The number of methoxy groups -OCH3 is 1. The second-order valence-electron chi connectivity index (χ2n) is 7.09. The van der Waals surface area contributed by atoms with Gasteiger partial charge in [-0.05, 0) is 42.0 Å². The van der Waals surface area contributed by atoms with Crippen molar-refractivity contribution >= 4 is 44.6 Å². The van der Waals surface area contributed by atoms with Crippen LogP contribution < -0.4 is 21.1 Å². The lowest BCUT2D eigenvalue weighted by Gasteiger charge is -2.09. The first-order chi connectivity index (χ1) is 16.0. The lowest BCUT2D eigenvalue weighted by Crippen LogP contribution is -2.18. The lowest BCUT2D eigenvalue weighted by molar-refractivity contribution is 0.199. The Hall–Kier alpha value is -3.18. The molecule has 0 aliphatic rings. The minimum atomic E-state index is -0.533. The number of thiophene rings is 1. The van der Waals surface area contributed by atoms with E-state index in [1.165, 1.54) is 23.5 Å². The molecule has 4 rings (SSSR count). The largest absolute Gasteiger partial charge is 0.453 e. The SMILES string of the molecule is COCCNCc1ccc(-c2cc3nccc(Oc4ccc(NC(N)=S)cc4F)c3s2)nc1. The average Bonchev–Trinajstić information content (AvgIpc) is 3.24. The van der Waals surface area contributed by atoms with E-state index in [-0.39, 0.29) is 10.9 Å². The molecule has 4 aromatic rings. The summed E-state index contributed by atoms with van der Waals surface area (Å²) in [5.41, 5.74) is 8.57. The van der Waals surface area contributed by atoms with Crippen molar-refractivity contribution in [1.82, 2.24) is 15.3 Å². The third-order valence-electron chi connectivity index (χ3n) is 4.68. The Labute approximate surface area is 199 Å². The van der Waals surface area contributed by atoms with Crippen LogP contribution >= 0.6 is 23.6 Å². The summed E-state index contributed by atoms with van der Waals surface area (Å²) in [5, 5.41) is 6.06. The van der Waals surface area contributed by atoms with Crippen LogP contribution in [0.5, 0.6) is 11.5 Å². The maximum atomic E-state index is 14.5. The highest BCUT2D eigenvalue weighted by Crippen LogP contribution is 2.39. The number of nitrogens with zero attached hydrogens (tertiary/aromatic N) is 2. The highest BCUT2D eigenvalue weighted by Gasteiger charge is 2.14. The summed E-state index contributed by atoms with van der Waals surface area (Å²) in [5.74, 6) is 0.0768. The Morgan fingerprint density at radius 3 is 2.76 bits per heavy atom. The maximum Gasteiger partial charge on any atom is 0.168 e. The molecule has 7 nitrogen and oxygen atoms in total. The van der Waals surface area contributed by atoms with Gasteiger partial charge in [-0.3, -0.25) is 9.97 Å². The van der Waals surface area contributed by atoms with E-state index in [9.17, 15) is 4.39 Å². The van der Waals surface area contributed by atoms with E-state index >= 15 is 0 Å². The minimum absolute atomic E-state index is 0.0639. The average molecular weight is 484 g/mol. The predicted molar refractivity (Wildman–Crippen MR) is 133 cm³/mol. The van der Waals surface area contributed by atoms with E-state index in [2.05, 4.69) is 20.6 Å². The molecule has 0 spiro atoms. The molecule has 10 heteroatoms. The van der Waals surface area contributed by atoms with Crippen molar-refractivity contribution in [3.05, 3.63) is 66.2 Å². The van der Waals surface area contributed by atoms with Crippen LogP contribution in [0.1, 0.15) is 5.56 Å². The number of anilines is 1. The van der Waals surface area contributed by atoms with Gasteiger partial charge < -0.3 is 25.8 Å². The number of benzene rings is 1. The molecule has 0 aliphatic heterocycles. The van der Waals surface area contributed by atoms with Crippen molar-refractivity contribution in [1.29, 1.82) is 0 Å². The molecule has 0 saturated heterocycles. The highest BCUT2D eigenvalue weighted by atomic mass is 32.1. The highest BCUT2D eigenvalue weighted by molar-refractivity contribution is 7.80. The Kier molecular flexibility index (Phi) is 7.40. The number of pyridine rings is 2. The Bertz CT molecular complexity index is 1260. The summed E-state index contributed by atoms with van der Waals surface area (Å²) in [6.45, 7) is 2.17. The number of hydrogen-bond donors (Lipinski definition) is 3. The molecule has 0 radical (unpaired) electrons. The molecule has 0 unspecified atom stereocenters. The van der Waals surface area contributed by atoms with Gasteiger partial charge in [-0.15, -0.1) is 11.3 Å². The van der Waals surface area contributed by atoms with Crippen LogP contribution in [0.4, 0.5) is 10.1 Å². The zero-order chi connectivity index (χ0) is 23.2. The first-order valence-electron chi connectivity index (χ1n) is 10.1.